The van der Waals surface area contributed by atoms with Gasteiger partial charge in [0, 0.05) is 25.2 Å². The second-order valence-corrected chi connectivity index (χ2v) is 9.95. The zero-order valence-corrected chi connectivity index (χ0v) is 20.5. The van der Waals surface area contributed by atoms with E-state index >= 15 is 0 Å². The normalized spacial score (nSPS) is 11.3. The molecular formula is C20H17Cl2N5O7S. The molecule has 0 radical (unpaired) electrons. The van der Waals surface area contributed by atoms with Gasteiger partial charge in [-0.05, 0) is 36.4 Å². The Bertz CT molecular complexity index is 1580. The van der Waals surface area contributed by atoms with E-state index in [1.807, 2.05) is 0 Å². The maximum atomic E-state index is 13.5. The fourth-order valence-electron chi connectivity index (χ4n) is 3.17. The van der Waals surface area contributed by atoms with Crippen LogP contribution in [-0.2, 0) is 24.1 Å². The van der Waals surface area contributed by atoms with E-state index in [0.29, 0.717) is 8.87 Å². The lowest BCUT2D eigenvalue weighted by molar-refractivity contribution is -0.384. The van der Waals surface area contributed by atoms with Gasteiger partial charge in [-0.3, -0.25) is 33.1 Å². The molecule has 12 nitrogen and oxygen atoms in total. The highest BCUT2D eigenvalue weighted by atomic mass is 35.5. The largest absolute Gasteiger partial charge is 0.384 e. The van der Waals surface area contributed by atoms with E-state index in [9.17, 15) is 32.9 Å². The number of nitrogens with two attached hydrogens (primary N) is 1. The molecule has 0 fully saturated rings. The maximum Gasteiger partial charge on any atom is 0.332 e. The summed E-state index contributed by atoms with van der Waals surface area (Å²) < 4.78 is 29.2. The van der Waals surface area contributed by atoms with Gasteiger partial charge in [0.15, 0.2) is 5.78 Å². The van der Waals surface area contributed by atoms with Gasteiger partial charge < -0.3 is 5.73 Å². The molecule has 2 N–H and O–H groups in total. The van der Waals surface area contributed by atoms with Gasteiger partial charge in [-0.1, -0.05) is 23.2 Å². The minimum atomic E-state index is -4.61. The molecule has 3 aromatic rings. The Hall–Kier alpha value is -3.68. The summed E-state index contributed by atoms with van der Waals surface area (Å²) in [6, 6.07) is 8.18. The molecule has 1 heterocycles. The van der Waals surface area contributed by atoms with Crippen molar-refractivity contribution in [2.75, 3.05) is 16.6 Å². The molecule has 0 unspecified atom stereocenters. The summed E-state index contributed by atoms with van der Waals surface area (Å²) in [7, 11) is -2.22. The Balaban J connectivity index is 2.20. The van der Waals surface area contributed by atoms with Crippen LogP contribution in [0, 0.1) is 10.1 Å². The van der Waals surface area contributed by atoms with Crippen molar-refractivity contribution in [3.8, 4) is 0 Å². The number of aromatic nitrogens is 2. The SMILES string of the molecule is Cn1c(N)c(C(=O)CN(c2ccc(Cl)cc2)S(=O)(=O)c2ccc(Cl)c([N+](=O)[O-])c2)c(=O)n(C)c1=O. The Morgan fingerprint density at radius 2 is 1.69 bits per heavy atom. The number of nitrogens with zero attached hydrogens (tertiary/aromatic N) is 4. The van der Waals surface area contributed by atoms with Crippen LogP contribution in [0.25, 0.3) is 0 Å². The molecule has 0 atom stereocenters. The van der Waals surface area contributed by atoms with Crippen LogP contribution in [-0.4, -0.2) is 34.8 Å². The average molecular weight is 542 g/mol. The Labute approximate surface area is 207 Å². The smallest absolute Gasteiger partial charge is 0.332 e. The summed E-state index contributed by atoms with van der Waals surface area (Å²) >= 11 is 11.7. The van der Waals surface area contributed by atoms with Gasteiger partial charge in [-0.2, -0.15) is 0 Å². The number of nitro benzene ring substituents is 1. The van der Waals surface area contributed by atoms with E-state index in [1.54, 1.807) is 0 Å². The molecule has 0 saturated heterocycles. The summed E-state index contributed by atoms with van der Waals surface area (Å²) in [5.41, 5.74) is 2.77. The van der Waals surface area contributed by atoms with Crippen LogP contribution in [0.1, 0.15) is 10.4 Å². The molecule has 0 spiro atoms. The highest BCUT2D eigenvalue weighted by Crippen LogP contribution is 2.31. The van der Waals surface area contributed by atoms with Crippen molar-refractivity contribution in [2.24, 2.45) is 14.1 Å². The minimum absolute atomic E-state index is 0.0273. The molecule has 35 heavy (non-hydrogen) atoms. The van der Waals surface area contributed by atoms with E-state index < -0.39 is 60.5 Å². The Morgan fingerprint density at radius 1 is 1.09 bits per heavy atom. The zero-order valence-electron chi connectivity index (χ0n) is 18.1. The summed E-state index contributed by atoms with van der Waals surface area (Å²) in [6.45, 7) is -0.919. The van der Waals surface area contributed by atoms with Crippen LogP contribution in [0.2, 0.25) is 10.0 Å². The highest BCUT2D eigenvalue weighted by molar-refractivity contribution is 7.92. The van der Waals surface area contributed by atoms with Crippen molar-refractivity contribution in [1.82, 2.24) is 9.13 Å². The van der Waals surface area contributed by atoms with Gasteiger partial charge in [-0.15, -0.1) is 0 Å². The third kappa shape index (κ3) is 4.78. The Morgan fingerprint density at radius 3 is 2.26 bits per heavy atom. The number of Topliss-reactive ketones (excluding diaryl/α,β-unsaturated/α-hetero) is 1. The molecule has 3 rings (SSSR count). The van der Waals surface area contributed by atoms with Gasteiger partial charge in [0.05, 0.1) is 22.1 Å². The number of hydrogen-bond donors (Lipinski definition) is 1. The summed E-state index contributed by atoms with van der Waals surface area (Å²) in [5.74, 6) is -1.46. The molecule has 2 aromatic carbocycles. The predicted octanol–water partition coefficient (Wildman–Crippen LogP) is 1.96. The first kappa shape index (κ1) is 25.9. The van der Waals surface area contributed by atoms with Crippen LogP contribution in [0.5, 0.6) is 0 Å². The van der Waals surface area contributed by atoms with E-state index in [0.717, 1.165) is 29.8 Å². The quantitative estimate of drug-likeness (QED) is 0.269. The number of anilines is 2. The standard InChI is InChI=1S/C20H17Cl2N5O7S/c1-24-18(23)17(19(29)25(2)20(24)30)16(28)10-26(12-5-3-11(21)4-6-12)35(33,34)13-7-8-14(22)15(9-13)27(31)32/h3-9H,10,23H2,1-2H3. The van der Waals surface area contributed by atoms with Crippen LogP contribution < -0.4 is 21.3 Å². The minimum Gasteiger partial charge on any atom is -0.384 e. The number of hydrogen-bond acceptors (Lipinski definition) is 8. The van der Waals surface area contributed by atoms with Crippen molar-refractivity contribution >= 4 is 56.2 Å². The van der Waals surface area contributed by atoms with Gasteiger partial charge >= 0.3 is 5.69 Å². The van der Waals surface area contributed by atoms with Crippen molar-refractivity contribution in [3.05, 3.63) is 89.0 Å². The van der Waals surface area contributed by atoms with Crippen LogP contribution in [0.15, 0.2) is 56.9 Å². The topological polar surface area (TPSA) is 168 Å². The molecule has 15 heteroatoms. The third-order valence-corrected chi connectivity index (χ3v) is 7.43. The summed E-state index contributed by atoms with van der Waals surface area (Å²) in [6.07, 6.45) is 0. The number of carbonyl (C=O) groups excluding carboxylic acids is 1. The van der Waals surface area contributed by atoms with Crippen LogP contribution in [0.3, 0.4) is 0 Å². The van der Waals surface area contributed by atoms with Crippen LogP contribution >= 0.6 is 23.2 Å². The predicted molar refractivity (Wildman–Crippen MR) is 130 cm³/mol. The van der Waals surface area contributed by atoms with Gasteiger partial charge in [-0.25, -0.2) is 13.2 Å². The van der Waals surface area contributed by atoms with Gasteiger partial charge in [0.25, 0.3) is 21.3 Å². The lowest BCUT2D eigenvalue weighted by Crippen LogP contribution is -2.44. The van der Waals surface area contributed by atoms with Crippen molar-refractivity contribution in [1.29, 1.82) is 0 Å². The number of rotatable bonds is 7. The van der Waals surface area contributed by atoms with Crippen LogP contribution in [0.4, 0.5) is 17.2 Å². The lowest BCUT2D eigenvalue weighted by atomic mass is 10.2. The number of carbonyl (C=O) groups is 1. The van der Waals surface area contributed by atoms with E-state index in [1.165, 1.54) is 31.3 Å². The summed E-state index contributed by atoms with van der Waals surface area (Å²) in [4.78, 5) is 47.8. The first-order chi connectivity index (χ1) is 16.3. The van der Waals surface area contributed by atoms with E-state index in [2.05, 4.69) is 0 Å². The van der Waals surface area contributed by atoms with Crippen molar-refractivity contribution in [2.45, 2.75) is 4.90 Å². The molecular weight excluding hydrogens is 525 g/mol. The molecule has 184 valence electrons. The maximum absolute atomic E-state index is 13.5. The number of nitrogen functional groups attached to an aromatic ring is 1. The van der Waals surface area contributed by atoms with Crippen molar-refractivity contribution in [3.63, 3.8) is 0 Å². The number of nitro groups is 1. The monoisotopic (exact) mass is 541 g/mol. The second-order valence-electron chi connectivity index (χ2n) is 7.25. The number of benzene rings is 2. The molecule has 0 saturated carbocycles. The molecule has 0 aliphatic rings. The van der Waals surface area contributed by atoms with Gasteiger partial charge in [0.1, 0.15) is 16.4 Å². The fourth-order valence-corrected chi connectivity index (χ4v) is 4.93. The van der Waals surface area contributed by atoms with E-state index in [-0.39, 0.29) is 15.7 Å². The Kier molecular flexibility index (Phi) is 7.06. The fraction of sp³-hybridized carbons (Fsp3) is 0.150. The van der Waals surface area contributed by atoms with E-state index in [4.69, 9.17) is 28.9 Å². The summed E-state index contributed by atoms with van der Waals surface area (Å²) in [5, 5.41) is 11.3. The number of sulfonamides is 1. The average Bonchev–Trinajstić information content (AvgIpc) is 2.80. The molecule has 0 aliphatic heterocycles. The first-order valence-corrected chi connectivity index (χ1v) is 11.8. The highest BCUT2D eigenvalue weighted by Gasteiger charge is 2.31. The zero-order chi connectivity index (χ0) is 26.2. The third-order valence-electron chi connectivity index (χ3n) is 5.09. The first-order valence-electron chi connectivity index (χ1n) is 9.58. The molecule has 0 bridgehead atoms. The van der Waals surface area contributed by atoms with Crippen molar-refractivity contribution < 1.29 is 18.1 Å². The second kappa shape index (κ2) is 9.52. The number of ketones is 1. The molecule has 0 aliphatic carbocycles. The molecule has 0 amide bonds. The van der Waals surface area contributed by atoms with Gasteiger partial charge in [0.2, 0.25) is 0 Å². The lowest BCUT2D eigenvalue weighted by Gasteiger charge is -2.24. The molecule has 1 aromatic heterocycles. The number of halogens is 2.